The summed E-state index contributed by atoms with van der Waals surface area (Å²) < 4.78 is 0. The summed E-state index contributed by atoms with van der Waals surface area (Å²) in [5.74, 6) is -7.90. The number of nitrogens with two attached hydrogens (primary N) is 1. The van der Waals surface area contributed by atoms with Gasteiger partial charge in [-0.1, -0.05) is 12.1 Å². The quantitative estimate of drug-likeness (QED) is 0.211. The van der Waals surface area contributed by atoms with Gasteiger partial charge in [0, 0.05) is 39.8 Å². The number of phenolic OH excluding ortho intramolecular Hbond substituents is 1. The molecule has 0 heterocycles. The van der Waals surface area contributed by atoms with Crippen molar-refractivity contribution in [3.05, 3.63) is 46.2 Å². The third kappa shape index (κ3) is 3.06. The maximum absolute atomic E-state index is 13.7. The number of benzene rings is 1. The molecular formula is C22H24AgN2O8. The summed E-state index contributed by atoms with van der Waals surface area (Å²) in [6.07, 6.45) is -0.200. The number of ketones is 2. The maximum Gasteiger partial charge on any atom is 0.255 e. The van der Waals surface area contributed by atoms with Crippen LogP contribution in [0.2, 0.25) is 0 Å². The number of Topliss-reactive ketones (excluding diaryl/α,β-unsaturated/α-hetero) is 2. The van der Waals surface area contributed by atoms with Gasteiger partial charge in [0.15, 0.2) is 11.4 Å². The van der Waals surface area contributed by atoms with Crippen molar-refractivity contribution in [2.75, 3.05) is 14.1 Å². The predicted octanol–water partition coefficient (Wildman–Crippen LogP) is -0.373. The third-order valence-corrected chi connectivity index (χ3v) is 7.02. The first-order valence-corrected chi connectivity index (χ1v) is 9.97. The Labute approximate surface area is 204 Å². The fourth-order valence-corrected chi connectivity index (χ4v) is 5.50. The van der Waals surface area contributed by atoms with Crippen LogP contribution in [0, 0.1) is 11.8 Å². The van der Waals surface area contributed by atoms with E-state index in [1.54, 1.807) is 0 Å². The number of rotatable bonds is 2. The van der Waals surface area contributed by atoms with Gasteiger partial charge < -0.3 is 31.3 Å². The molecule has 10 nitrogen and oxygen atoms in total. The van der Waals surface area contributed by atoms with Gasteiger partial charge in [0.05, 0.1) is 17.2 Å². The number of aliphatic hydroxyl groups is 4. The van der Waals surface area contributed by atoms with Crippen LogP contribution in [-0.2, 0) is 42.4 Å². The Kier molecular flexibility index (Phi) is 5.94. The molecule has 0 aromatic heterocycles. The van der Waals surface area contributed by atoms with Crippen LogP contribution >= 0.6 is 0 Å². The molecular weight excluding hydrogens is 528 g/mol. The fraction of sp³-hybridized carbons (Fsp3) is 0.409. The number of primary amides is 1. The van der Waals surface area contributed by atoms with Gasteiger partial charge in [-0.2, -0.15) is 0 Å². The van der Waals surface area contributed by atoms with Gasteiger partial charge in [0.1, 0.15) is 22.8 Å². The number of likely N-dealkylation sites (N-methyl/N-ethyl adjacent to an activating group) is 1. The number of nitrogens with zero attached hydrogens (tertiary/aromatic N) is 1. The van der Waals surface area contributed by atoms with E-state index in [2.05, 4.69) is 0 Å². The summed E-state index contributed by atoms with van der Waals surface area (Å²) in [5.41, 5.74) is -0.548. The maximum atomic E-state index is 13.7. The molecule has 4 rings (SSSR count). The molecule has 181 valence electrons. The Bertz CT molecular complexity index is 1160. The summed E-state index contributed by atoms with van der Waals surface area (Å²) in [6.45, 7) is 1.40. The van der Waals surface area contributed by atoms with Crippen molar-refractivity contribution in [2.45, 2.75) is 30.6 Å². The molecule has 0 unspecified atom stereocenters. The van der Waals surface area contributed by atoms with Crippen LogP contribution in [0.25, 0.3) is 5.76 Å². The van der Waals surface area contributed by atoms with E-state index in [-0.39, 0.29) is 39.9 Å². The molecule has 1 radical (unpaired) electrons. The van der Waals surface area contributed by atoms with Gasteiger partial charge >= 0.3 is 0 Å². The number of fused-ring (bicyclic) bond motifs is 3. The van der Waals surface area contributed by atoms with E-state index in [0.29, 0.717) is 0 Å². The van der Waals surface area contributed by atoms with E-state index in [1.165, 1.54) is 44.1 Å². The van der Waals surface area contributed by atoms with Gasteiger partial charge in [0.2, 0.25) is 5.78 Å². The minimum Gasteiger partial charge on any atom is -0.508 e. The summed E-state index contributed by atoms with van der Waals surface area (Å²) >= 11 is 0. The summed E-state index contributed by atoms with van der Waals surface area (Å²) in [6, 6.07) is 3.02. The van der Waals surface area contributed by atoms with Crippen molar-refractivity contribution in [1.29, 1.82) is 0 Å². The second-order valence-electron chi connectivity index (χ2n) is 8.96. The number of aromatic hydroxyl groups is 1. The number of aliphatic hydroxyl groups excluding tert-OH is 2. The second kappa shape index (κ2) is 7.80. The molecule has 5 atom stereocenters. The first-order chi connectivity index (χ1) is 14.8. The molecule has 3 aliphatic carbocycles. The summed E-state index contributed by atoms with van der Waals surface area (Å²) in [7, 11) is 3.01. The average molecular weight is 552 g/mol. The molecule has 33 heavy (non-hydrogen) atoms. The van der Waals surface area contributed by atoms with Crippen LogP contribution in [0.1, 0.15) is 24.5 Å². The molecule has 0 saturated heterocycles. The standard InChI is InChI=1S/C22H24N2O8.Ag/c1-21(31)8-5-4-6-11(25)12(8)16(26)13-9(21)7-10-15(24(2)3)17(27)14(20(23)30)19(29)22(10,32)18(13)28;/h4-6,9-10,15,25-26,29,31-32H,7H2,1-3H3,(H2,23,30);/t9-,10-,15-,21+,22-;/m0./s1. The molecule has 0 bridgehead atoms. The smallest absolute Gasteiger partial charge is 0.255 e. The topological polar surface area (TPSA) is 182 Å². The Morgan fingerprint density at radius 1 is 1.15 bits per heavy atom. The van der Waals surface area contributed by atoms with Crippen LogP contribution in [0.15, 0.2) is 35.1 Å². The fourth-order valence-electron chi connectivity index (χ4n) is 5.50. The van der Waals surface area contributed by atoms with Crippen molar-refractivity contribution in [2.24, 2.45) is 17.6 Å². The van der Waals surface area contributed by atoms with Crippen molar-refractivity contribution in [1.82, 2.24) is 4.90 Å². The van der Waals surface area contributed by atoms with Crippen LogP contribution in [-0.4, -0.2) is 73.6 Å². The zero-order valence-electron chi connectivity index (χ0n) is 18.0. The van der Waals surface area contributed by atoms with E-state index in [4.69, 9.17) is 5.73 Å². The van der Waals surface area contributed by atoms with E-state index in [1.807, 2.05) is 0 Å². The minimum absolute atomic E-state index is 0. The van der Waals surface area contributed by atoms with E-state index in [9.17, 15) is 39.9 Å². The van der Waals surface area contributed by atoms with Crippen molar-refractivity contribution < 1.29 is 62.3 Å². The van der Waals surface area contributed by atoms with Crippen LogP contribution in [0.4, 0.5) is 0 Å². The number of amides is 1. The number of phenols is 1. The molecule has 1 saturated carbocycles. The normalized spacial score (nSPS) is 33.3. The second-order valence-corrected chi connectivity index (χ2v) is 8.96. The molecule has 0 spiro atoms. The van der Waals surface area contributed by atoms with Gasteiger partial charge in [-0.15, -0.1) is 0 Å². The Morgan fingerprint density at radius 3 is 2.30 bits per heavy atom. The SMILES string of the molecule is CN(C)[C@@H]1C(=O)C(C(N)=O)=C(O)[C@@]2(O)C(=O)C3=C(O)c4c(O)cccc4[C@@](C)(O)[C@H]3C[C@@H]12.[Ag]. The molecule has 7 N–H and O–H groups in total. The number of carbonyl (C=O) groups excluding carboxylic acids is 3. The summed E-state index contributed by atoms with van der Waals surface area (Å²) in [4.78, 5) is 40.0. The third-order valence-electron chi connectivity index (χ3n) is 7.02. The predicted molar refractivity (Wildman–Crippen MR) is 110 cm³/mol. The molecule has 1 aromatic rings. The first-order valence-electron chi connectivity index (χ1n) is 9.97. The molecule has 1 fully saturated rings. The molecule has 0 aliphatic heterocycles. The van der Waals surface area contributed by atoms with E-state index < -0.39 is 75.0 Å². The van der Waals surface area contributed by atoms with Gasteiger partial charge in [-0.25, -0.2) is 0 Å². The molecule has 1 aromatic carbocycles. The van der Waals surface area contributed by atoms with Gasteiger partial charge in [-0.3, -0.25) is 19.3 Å². The van der Waals surface area contributed by atoms with Crippen LogP contribution in [0.5, 0.6) is 5.75 Å². The van der Waals surface area contributed by atoms with E-state index >= 15 is 0 Å². The zero-order valence-corrected chi connectivity index (χ0v) is 19.4. The van der Waals surface area contributed by atoms with Crippen molar-refractivity contribution in [3.8, 4) is 5.75 Å². The summed E-state index contributed by atoms with van der Waals surface area (Å²) in [5, 5.41) is 54.9. The molecule has 3 aliphatic rings. The number of hydrogen-bond donors (Lipinski definition) is 6. The Balaban J connectivity index is 0.00000306. The first kappa shape index (κ1) is 25.2. The van der Waals surface area contributed by atoms with Gasteiger partial charge in [0.25, 0.3) is 5.91 Å². The van der Waals surface area contributed by atoms with Crippen LogP contribution < -0.4 is 5.73 Å². The number of hydrogen-bond acceptors (Lipinski definition) is 9. The largest absolute Gasteiger partial charge is 0.508 e. The van der Waals surface area contributed by atoms with Crippen molar-refractivity contribution >= 4 is 23.2 Å². The average Bonchev–Trinajstić information content (AvgIpc) is 2.68. The Hall–Kier alpha value is -2.47. The van der Waals surface area contributed by atoms with Gasteiger partial charge in [-0.05, 0) is 39.1 Å². The Morgan fingerprint density at radius 2 is 1.76 bits per heavy atom. The van der Waals surface area contributed by atoms with E-state index in [0.717, 1.165) is 0 Å². The number of carbonyl (C=O) groups is 3. The zero-order chi connectivity index (χ0) is 23.9. The molecule has 1 amide bonds. The van der Waals surface area contributed by atoms with Crippen LogP contribution in [0.3, 0.4) is 0 Å². The minimum atomic E-state index is -2.75. The monoisotopic (exact) mass is 551 g/mol. The molecule has 11 heteroatoms. The van der Waals surface area contributed by atoms with Crippen molar-refractivity contribution in [3.63, 3.8) is 0 Å².